The molecule has 0 unspecified atom stereocenters. The van der Waals surface area contributed by atoms with Crippen LogP contribution in [0.3, 0.4) is 0 Å². The SMILES string of the molecule is CCN1CCN(C(=O)[C@H](C)Sc2nnc(-c3ccccc3)o2)CC1. The van der Waals surface area contributed by atoms with E-state index < -0.39 is 0 Å². The number of aromatic nitrogens is 2. The summed E-state index contributed by atoms with van der Waals surface area (Å²) in [4.78, 5) is 16.9. The second kappa shape index (κ2) is 7.81. The summed E-state index contributed by atoms with van der Waals surface area (Å²) in [6.07, 6.45) is 0. The van der Waals surface area contributed by atoms with Crippen molar-refractivity contribution in [3.8, 4) is 11.5 Å². The maximum atomic E-state index is 12.6. The summed E-state index contributed by atoms with van der Waals surface area (Å²) in [6, 6.07) is 9.63. The quantitative estimate of drug-likeness (QED) is 0.775. The lowest BCUT2D eigenvalue weighted by molar-refractivity contribution is -0.132. The van der Waals surface area contributed by atoms with Crippen LogP contribution in [0.2, 0.25) is 0 Å². The summed E-state index contributed by atoms with van der Waals surface area (Å²) in [7, 11) is 0. The van der Waals surface area contributed by atoms with Crippen molar-refractivity contribution in [3.63, 3.8) is 0 Å². The third-order valence-electron chi connectivity index (χ3n) is 4.18. The molecule has 1 aliphatic heterocycles. The Kier molecular flexibility index (Phi) is 5.52. The number of likely N-dealkylation sites (N-methyl/N-ethyl adjacent to an activating group) is 1. The van der Waals surface area contributed by atoms with Gasteiger partial charge in [-0.1, -0.05) is 36.9 Å². The number of rotatable bonds is 5. The lowest BCUT2D eigenvalue weighted by Gasteiger charge is -2.35. The highest BCUT2D eigenvalue weighted by Crippen LogP contribution is 2.27. The van der Waals surface area contributed by atoms with Crippen molar-refractivity contribution in [2.45, 2.75) is 24.3 Å². The van der Waals surface area contributed by atoms with Crippen molar-refractivity contribution in [2.24, 2.45) is 0 Å². The van der Waals surface area contributed by atoms with Gasteiger partial charge in [0.1, 0.15) is 0 Å². The van der Waals surface area contributed by atoms with Crippen molar-refractivity contribution in [2.75, 3.05) is 32.7 Å². The highest BCUT2D eigenvalue weighted by Gasteiger charge is 2.26. The third kappa shape index (κ3) is 3.96. The first-order valence-electron chi connectivity index (χ1n) is 8.24. The minimum atomic E-state index is -0.234. The zero-order valence-corrected chi connectivity index (χ0v) is 14.8. The molecular weight excluding hydrogens is 324 g/mol. The van der Waals surface area contributed by atoms with Gasteiger partial charge in [0, 0.05) is 31.7 Å². The number of benzene rings is 1. The van der Waals surface area contributed by atoms with E-state index in [1.165, 1.54) is 11.8 Å². The number of hydrogen-bond acceptors (Lipinski definition) is 6. The number of thioether (sulfide) groups is 1. The molecule has 3 rings (SSSR count). The largest absolute Gasteiger partial charge is 0.411 e. The van der Waals surface area contributed by atoms with Crippen LogP contribution in [0.15, 0.2) is 40.0 Å². The van der Waals surface area contributed by atoms with E-state index in [1.807, 2.05) is 42.2 Å². The van der Waals surface area contributed by atoms with Crippen molar-refractivity contribution in [1.82, 2.24) is 20.0 Å². The van der Waals surface area contributed by atoms with Crippen LogP contribution in [0.1, 0.15) is 13.8 Å². The van der Waals surface area contributed by atoms with E-state index in [1.54, 1.807) is 0 Å². The zero-order valence-electron chi connectivity index (χ0n) is 14.0. The van der Waals surface area contributed by atoms with E-state index in [-0.39, 0.29) is 11.2 Å². The van der Waals surface area contributed by atoms with E-state index in [9.17, 15) is 4.79 Å². The van der Waals surface area contributed by atoms with E-state index in [0.717, 1.165) is 38.3 Å². The monoisotopic (exact) mass is 346 g/mol. The highest BCUT2D eigenvalue weighted by atomic mass is 32.2. The van der Waals surface area contributed by atoms with Gasteiger partial charge in [0.15, 0.2) is 0 Å². The van der Waals surface area contributed by atoms with Crippen LogP contribution in [0.5, 0.6) is 0 Å². The minimum absolute atomic E-state index is 0.134. The molecule has 1 aliphatic rings. The van der Waals surface area contributed by atoms with E-state index in [0.29, 0.717) is 11.1 Å². The topological polar surface area (TPSA) is 62.5 Å². The van der Waals surface area contributed by atoms with Gasteiger partial charge in [0.05, 0.1) is 5.25 Å². The Morgan fingerprint density at radius 2 is 1.92 bits per heavy atom. The van der Waals surface area contributed by atoms with Crippen LogP contribution in [-0.4, -0.2) is 63.9 Å². The fraction of sp³-hybridized carbons (Fsp3) is 0.471. The van der Waals surface area contributed by atoms with Gasteiger partial charge in [-0.25, -0.2) is 0 Å². The summed E-state index contributed by atoms with van der Waals surface area (Å²) in [5, 5.41) is 8.31. The second-order valence-corrected chi connectivity index (χ2v) is 7.05. The number of carbonyl (C=O) groups is 1. The van der Waals surface area contributed by atoms with Crippen LogP contribution >= 0.6 is 11.8 Å². The molecule has 1 fully saturated rings. The molecular formula is C17H22N4O2S. The van der Waals surface area contributed by atoms with Crippen molar-refractivity contribution in [3.05, 3.63) is 30.3 Å². The molecule has 7 heteroatoms. The summed E-state index contributed by atoms with van der Waals surface area (Å²) in [5.41, 5.74) is 0.881. The molecule has 1 atom stereocenters. The van der Waals surface area contributed by atoms with Gasteiger partial charge in [-0.05, 0) is 25.6 Å². The third-order valence-corrected chi connectivity index (χ3v) is 5.11. The second-order valence-electron chi connectivity index (χ2n) is 5.76. The van der Waals surface area contributed by atoms with Crippen molar-refractivity contribution < 1.29 is 9.21 Å². The lowest BCUT2D eigenvalue weighted by atomic mass is 10.2. The summed E-state index contributed by atoms with van der Waals surface area (Å²) < 4.78 is 5.67. The van der Waals surface area contributed by atoms with Gasteiger partial charge in [-0.15, -0.1) is 10.2 Å². The molecule has 2 heterocycles. The Hall–Kier alpha value is -1.86. The number of amides is 1. The molecule has 24 heavy (non-hydrogen) atoms. The molecule has 0 saturated carbocycles. The van der Waals surface area contributed by atoms with E-state index in [4.69, 9.17) is 4.42 Å². The molecule has 2 aromatic rings. The molecule has 128 valence electrons. The normalized spacial score (nSPS) is 17.0. The molecule has 0 spiro atoms. The maximum Gasteiger partial charge on any atom is 0.277 e. The Balaban J connectivity index is 1.58. The van der Waals surface area contributed by atoms with Gasteiger partial charge in [-0.3, -0.25) is 4.79 Å². The number of carbonyl (C=O) groups excluding carboxylic acids is 1. The van der Waals surface area contributed by atoms with Crippen LogP contribution < -0.4 is 0 Å². The fourth-order valence-corrected chi connectivity index (χ4v) is 3.47. The standard InChI is InChI=1S/C17H22N4O2S/c1-3-20-9-11-21(12-10-20)16(22)13(2)24-17-19-18-15(23-17)14-7-5-4-6-8-14/h4-8,13H,3,9-12H2,1-2H3/t13-/m0/s1. The lowest BCUT2D eigenvalue weighted by Crippen LogP contribution is -2.50. The fourth-order valence-electron chi connectivity index (χ4n) is 2.70. The van der Waals surface area contributed by atoms with Crippen LogP contribution in [0.25, 0.3) is 11.5 Å². The number of nitrogens with zero attached hydrogens (tertiary/aromatic N) is 4. The smallest absolute Gasteiger partial charge is 0.277 e. The minimum Gasteiger partial charge on any atom is -0.411 e. The zero-order chi connectivity index (χ0) is 16.9. The van der Waals surface area contributed by atoms with Crippen LogP contribution in [0, 0.1) is 0 Å². The van der Waals surface area contributed by atoms with Gasteiger partial charge < -0.3 is 14.2 Å². The molecule has 0 aliphatic carbocycles. The van der Waals surface area contributed by atoms with Gasteiger partial charge in [0.2, 0.25) is 11.8 Å². The highest BCUT2D eigenvalue weighted by molar-refractivity contribution is 8.00. The Morgan fingerprint density at radius 3 is 2.58 bits per heavy atom. The molecule has 1 aromatic carbocycles. The Bertz CT molecular complexity index is 668. The number of piperazine rings is 1. The summed E-state index contributed by atoms with van der Waals surface area (Å²) >= 11 is 1.32. The van der Waals surface area contributed by atoms with Crippen LogP contribution in [-0.2, 0) is 4.79 Å². The molecule has 6 nitrogen and oxygen atoms in total. The maximum absolute atomic E-state index is 12.6. The van der Waals surface area contributed by atoms with Gasteiger partial charge >= 0.3 is 0 Å². The summed E-state index contributed by atoms with van der Waals surface area (Å²) in [5.74, 6) is 0.615. The van der Waals surface area contributed by atoms with E-state index >= 15 is 0 Å². The Morgan fingerprint density at radius 1 is 1.21 bits per heavy atom. The predicted octanol–water partition coefficient (Wildman–Crippen LogP) is 2.38. The van der Waals surface area contributed by atoms with Gasteiger partial charge in [0.25, 0.3) is 5.22 Å². The number of hydrogen-bond donors (Lipinski definition) is 0. The average Bonchev–Trinajstić information content (AvgIpc) is 3.10. The molecule has 1 saturated heterocycles. The average molecular weight is 346 g/mol. The molecule has 0 bridgehead atoms. The van der Waals surface area contributed by atoms with E-state index in [2.05, 4.69) is 22.0 Å². The molecule has 1 aromatic heterocycles. The molecule has 0 N–H and O–H groups in total. The van der Waals surface area contributed by atoms with Crippen LogP contribution in [0.4, 0.5) is 0 Å². The first-order chi connectivity index (χ1) is 11.7. The Labute approximate surface area is 146 Å². The molecule has 0 radical (unpaired) electrons. The van der Waals surface area contributed by atoms with Gasteiger partial charge in [-0.2, -0.15) is 0 Å². The molecule has 1 amide bonds. The van der Waals surface area contributed by atoms with Crippen molar-refractivity contribution >= 4 is 17.7 Å². The first-order valence-corrected chi connectivity index (χ1v) is 9.12. The predicted molar refractivity (Wildman–Crippen MR) is 93.7 cm³/mol. The first kappa shape index (κ1) is 17.0. The van der Waals surface area contributed by atoms with Crippen molar-refractivity contribution in [1.29, 1.82) is 0 Å². The summed E-state index contributed by atoms with van der Waals surface area (Å²) in [6.45, 7) is 8.54.